The van der Waals surface area contributed by atoms with E-state index in [4.69, 9.17) is 14.2 Å². The summed E-state index contributed by atoms with van der Waals surface area (Å²) >= 11 is 3.54. The Kier molecular flexibility index (Phi) is 9.01. The molecule has 2 heterocycles. The van der Waals surface area contributed by atoms with Crippen LogP contribution in [0.5, 0.6) is 11.6 Å². The second kappa shape index (κ2) is 12.8. The van der Waals surface area contributed by atoms with Crippen LogP contribution in [0.25, 0.3) is 28.0 Å². The molecular formula is C32H27BrF4N4O4. The molecule has 0 saturated heterocycles. The minimum absolute atomic E-state index is 0.0120. The van der Waals surface area contributed by atoms with Gasteiger partial charge >= 0.3 is 12.3 Å². The zero-order valence-corrected chi connectivity index (χ0v) is 25.9. The molecule has 0 aliphatic heterocycles. The normalized spacial score (nSPS) is 11.8. The molecule has 13 heteroatoms. The quantitative estimate of drug-likeness (QED) is 0.164. The van der Waals surface area contributed by atoms with Crippen molar-refractivity contribution in [2.75, 3.05) is 11.9 Å². The van der Waals surface area contributed by atoms with Crippen LogP contribution in [0.15, 0.2) is 83.6 Å². The van der Waals surface area contributed by atoms with Gasteiger partial charge in [-0.1, -0.05) is 42.5 Å². The molecule has 5 aromatic rings. The number of alkyl halides is 3. The number of carbonyl (C=O) groups excluding carboxylic acids is 1. The van der Waals surface area contributed by atoms with Crippen molar-refractivity contribution in [2.24, 2.45) is 0 Å². The van der Waals surface area contributed by atoms with E-state index >= 15 is 4.39 Å². The van der Waals surface area contributed by atoms with E-state index in [9.17, 15) is 18.0 Å². The van der Waals surface area contributed by atoms with Crippen molar-refractivity contribution in [3.05, 3.63) is 95.0 Å². The molecule has 2 aromatic heterocycles. The highest BCUT2D eigenvalue weighted by Crippen LogP contribution is 2.42. The van der Waals surface area contributed by atoms with E-state index in [0.717, 1.165) is 11.9 Å². The first-order valence-corrected chi connectivity index (χ1v) is 14.4. The molecule has 234 valence electrons. The molecule has 0 aliphatic carbocycles. The minimum Gasteiger partial charge on any atom is -0.486 e. The minimum atomic E-state index is -4.63. The van der Waals surface area contributed by atoms with Crippen molar-refractivity contribution in [1.82, 2.24) is 14.5 Å². The average Bonchev–Trinajstić information content (AvgIpc) is 3.27. The smallest absolute Gasteiger partial charge is 0.422 e. The van der Waals surface area contributed by atoms with Gasteiger partial charge in [-0.05, 0) is 72.1 Å². The zero-order chi connectivity index (χ0) is 32.4. The first kappa shape index (κ1) is 31.8. The van der Waals surface area contributed by atoms with Gasteiger partial charge in [0.25, 0.3) is 0 Å². The predicted molar refractivity (Wildman–Crippen MR) is 164 cm³/mol. The molecule has 0 unspecified atom stereocenters. The zero-order valence-electron chi connectivity index (χ0n) is 24.3. The Bertz CT molecular complexity index is 1820. The van der Waals surface area contributed by atoms with Gasteiger partial charge in [0.15, 0.2) is 18.2 Å². The van der Waals surface area contributed by atoms with Crippen LogP contribution in [0, 0.1) is 5.82 Å². The van der Waals surface area contributed by atoms with Crippen molar-refractivity contribution in [3.63, 3.8) is 0 Å². The van der Waals surface area contributed by atoms with Gasteiger partial charge in [-0.25, -0.2) is 14.2 Å². The number of hydrogen-bond donors (Lipinski definition) is 1. The maximum absolute atomic E-state index is 15.5. The fourth-order valence-corrected chi connectivity index (χ4v) is 5.13. The van der Waals surface area contributed by atoms with Crippen molar-refractivity contribution < 1.29 is 36.6 Å². The maximum atomic E-state index is 15.5. The van der Waals surface area contributed by atoms with E-state index in [0.29, 0.717) is 21.4 Å². The van der Waals surface area contributed by atoms with Crippen LogP contribution in [-0.4, -0.2) is 39.0 Å². The molecule has 8 nitrogen and oxygen atoms in total. The summed E-state index contributed by atoms with van der Waals surface area (Å²) in [6, 6.07) is 20.1. The van der Waals surface area contributed by atoms with Gasteiger partial charge in [-0.15, -0.1) is 0 Å². The topological polar surface area (TPSA) is 87.5 Å². The Morgan fingerprint density at radius 1 is 0.956 bits per heavy atom. The highest BCUT2D eigenvalue weighted by molar-refractivity contribution is 9.10. The lowest BCUT2D eigenvalue weighted by atomic mass is 10.1. The van der Waals surface area contributed by atoms with Crippen molar-refractivity contribution in [2.45, 2.75) is 39.2 Å². The van der Waals surface area contributed by atoms with Crippen LogP contribution in [0.4, 0.5) is 28.0 Å². The molecule has 0 bridgehead atoms. The number of nitrogens with one attached hydrogen (secondary N) is 1. The fraction of sp³-hybridized carbons (Fsp3) is 0.219. The third-order valence-corrected chi connectivity index (χ3v) is 6.99. The van der Waals surface area contributed by atoms with Gasteiger partial charge in [-0.2, -0.15) is 18.2 Å². The molecule has 0 atom stereocenters. The van der Waals surface area contributed by atoms with E-state index in [1.165, 1.54) is 16.7 Å². The largest absolute Gasteiger partial charge is 0.486 e. The van der Waals surface area contributed by atoms with E-state index in [1.807, 2.05) is 30.3 Å². The Hall–Kier alpha value is -4.65. The summed E-state index contributed by atoms with van der Waals surface area (Å²) in [7, 11) is 0. The summed E-state index contributed by atoms with van der Waals surface area (Å²) < 4.78 is 72.9. The van der Waals surface area contributed by atoms with Crippen LogP contribution >= 0.6 is 15.9 Å². The van der Waals surface area contributed by atoms with Crippen molar-refractivity contribution in [3.8, 4) is 28.6 Å². The van der Waals surface area contributed by atoms with Crippen LogP contribution in [-0.2, 0) is 11.3 Å². The molecule has 0 saturated carbocycles. The third kappa shape index (κ3) is 7.72. The molecular weight excluding hydrogens is 660 g/mol. The van der Waals surface area contributed by atoms with Crippen LogP contribution in [0.2, 0.25) is 0 Å². The summed E-state index contributed by atoms with van der Waals surface area (Å²) in [6.45, 7) is 3.77. The number of ether oxygens (including phenoxy) is 3. The molecule has 0 aliphatic rings. The number of amides is 1. The van der Waals surface area contributed by atoms with Gasteiger partial charge in [0.2, 0.25) is 5.88 Å². The monoisotopic (exact) mass is 686 g/mol. The van der Waals surface area contributed by atoms with Gasteiger partial charge < -0.3 is 18.8 Å². The van der Waals surface area contributed by atoms with Crippen molar-refractivity contribution >= 4 is 38.7 Å². The second-order valence-electron chi connectivity index (χ2n) is 10.9. The van der Waals surface area contributed by atoms with Crippen LogP contribution in [0.1, 0.15) is 26.3 Å². The highest BCUT2D eigenvalue weighted by Gasteiger charge is 2.31. The molecule has 45 heavy (non-hydrogen) atoms. The van der Waals surface area contributed by atoms with Crippen LogP contribution in [0.3, 0.4) is 0 Å². The van der Waals surface area contributed by atoms with E-state index < -0.39 is 30.3 Å². The number of aromatic nitrogens is 3. The Labute approximate surface area is 264 Å². The predicted octanol–water partition coefficient (Wildman–Crippen LogP) is 8.86. The highest BCUT2D eigenvalue weighted by atomic mass is 79.9. The number of benzene rings is 3. The number of rotatable bonds is 8. The SMILES string of the molecule is CC(C)(C)OC(=O)Nc1ccc(-c2c(Br)c3ncnc(OCC(F)(F)F)c3n2-c2ccc(OCc3ccccc3)c(F)c2)cc1. The van der Waals surface area contributed by atoms with Crippen LogP contribution < -0.4 is 14.8 Å². The molecule has 0 spiro atoms. The van der Waals surface area contributed by atoms with Gasteiger partial charge in [0.05, 0.1) is 10.2 Å². The number of halogens is 5. The number of nitrogens with zero attached hydrogens (tertiary/aromatic N) is 3. The summed E-state index contributed by atoms with van der Waals surface area (Å²) in [5, 5.41) is 2.65. The molecule has 0 fully saturated rings. The lowest BCUT2D eigenvalue weighted by molar-refractivity contribution is -0.153. The summed E-state index contributed by atoms with van der Waals surface area (Å²) in [5.74, 6) is -1.06. The lowest BCUT2D eigenvalue weighted by Gasteiger charge is -2.19. The summed E-state index contributed by atoms with van der Waals surface area (Å²) in [6.07, 6.45) is -4.19. The van der Waals surface area contributed by atoms with E-state index in [2.05, 4.69) is 31.2 Å². The molecule has 0 radical (unpaired) electrons. The third-order valence-electron chi connectivity index (χ3n) is 6.24. The van der Waals surface area contributed by atoms with Gasteiger partial charge in [-0.3, -0.25) is 5.32 Å². The van der Waals surface area contributed by atoms with Gasteiger partial charge in [0, 0.05) is 17.4 Å². The average molecular weight is 687 g/mol. The molecule has 1 N–H and O–H groups in total. The standard InChI is InChI=1S/C32H27BrF4N4O4/c1-31(2,3)45-30(42)40-21-11-9-20(10-12-21)27-25(33)26-28(29(39-18-38-26)44-17-32(35,36)37)41(27)22-13-14-24(23(34)15-22)43-16-19-7-5-4-6-8-19/h4-15,18H,16-17H2,1-3H3,(H,40,42). The molecule has 5 rings (SSSR count). The first-order valence-electron chi connectivity index (χ1n) is 13.6. The fourth-order valence-electron chi connectivity index (χ4n) is 4.43. The Morgan fingerprint density at radius 3 is 2.31 bits per heavy atom. The number of fused-ring (bicyclic) bond motifs is 1. The first-order chi connectivity index (χ1) is 21.3. The number of carbonyl (C=O) groups is 1. The molecule has 3 aromatic carbocycles. The second-order valence-corrected chi connectivity index (χ2v) is 11.7. The number of hydrogen-bond acceptors (Lipinski definition) is 6. The Morgan fingerprint density at radius 2 is 1.67 bits per heavy atom. The maximum Gasteiger partial charge on any atom is 0.422 e. The lowest BCUT2D eigenvalue weighted by Crippen LogP contribution is -2.27. The molecule has 1 amide bonds. The van der Waals surface area contributed by atoms with Crippen molar-refractivity contribution in [1.29, 1.82) is 0 Å². The Balaban J connectivity index is 1.58. The van der Waals surface area contributed by atoms with E-state index in [1.54, 1.807) is 51.1 Å². The number of anilines is 1. The summed E-state index contributed by atoms with van der Waals surface area (Å²) in [4.78, 5) is 20.5. The summed E-state index contributed by atoms with van der Waals surface area (Å²) in [5.41, 5.74) is 2.12. The van der Waals surface area contributed by atoms with E-state index in [-0.39, 0.29) is 35.0 Å². The van der Waals surface area contributed by atoms with Gasteiger partial charge in [0.1, 0.15) is 29.6 Å².